The normalized spacial score (nSPS) is 16.1. The fraction of sp³-hybridized carbons (Fsp3) is 0.217. The molecule has 5 heteroatoms. The van der Waals surface area contributed by atoms with Crippen molar-refractivity contribution in [3.8, 4) is 0 Å². The molecule has 1 atom stereocenters. The highest BCUT2D eigenvalue weighted by molar-refractivity contribution is 6.03. The number of benzene rings is 2. The van der Waals surface area contributed by atoms with E-state index in [-0.39, 0.29) is 18.5 Å². The molecular weight excluding hydrogens is 350 g/mol. The van der Waals surface area contributed by atoms with Crippen molar-refractivity contribution in [1.29, 1.82) is 0 Å². The zero-order valence-electron chi connectivity index (χ0n) is 16.1. The molecule has 2 aromatic carbocycles. The fourth-order valence-electron chi connectivity index (χ4n) is 3.29. The van der Waals surface area contributed by atoms with Crippen LogP contribution in [0.5, 0.6) is 0 Å². The van der Waals surface area contributed by atoms with Crippen LogP contribution in [0.25, 0.3) is 0 Å². The number of carbonyl (C=O) groups is 1. The van der Waals surface area contributed by atoms with Crippen LogP contribution in [0.3, 0.4) is 0 Å². The van der Waals surface area contributed by atoms with E-state index in [9.17, 15) is 4.79 Å². The van der Waals surface area contributed by atoms with Gasteiger partial charge in [0.2, 0.25) is 0 Å². The Morgan fingerprint density at radius 3 is 2.39 bits per heavy atom. The number of amides is 1. The molecule has 4 rings (SSSR count). The minimum atomic E-state index is -0.223. The molecular formula is C23H23N3O2. The first-order valence-electron chi connectivity index (χ1n) is 9.41. The number of hydrogen-bond donors (Lipinski definition) is 1. The first-order chi connectivity index (χ1) is 13.6. The number of furan rings is 1. The zero-order valence-corrected chi connectivity index (χ0v) is 16.1. The largest absolute Gasteiger partial charge is 0.467 e. The van der Waals surface area contributed by atoms with Gasteiger partial charge in [-0.05, 0) is 43.7 Å². The first kappa shape index (κ1) is 18.0. The lowest BCUT2D eigenvalue weighted by molar-refractivity contribution is -0.131. The topological polar surface area (TPSA) is 57.8 Å². The summed E-state index contributed by atoms with van der Waals surface area (Å²) in [6.45, 7) is 4.26. The summed E-state index contributed by atoms with van der Waals surface area (Å²) in [5.41, 5.74) is 5.21. The van der Waals surface area contributed by atoms with Gasteiger partial charge in [0.05, 0.1) is 18.5 Å². The molecule has 0 saturated heterocycles. The molecule has 1 aromatic heterocycles. The van der Waals surface area contributed by atoms with Crippen molar-refractivity contribution in [3.63, 3.8) is 0 Å². The van der Waals surface area contributed by atoms with Gasteiger partial charge in [0.15, 0.2) is 0 Å². The van der Waals surface area contributed by atoms with Crippen molar-refractivity contribution in [2.24, 2.45) is 5.10 Å². The molecule has 2 heterocycles. The number of aryl methyl sites for hydroxylation is 2. The van der Waals surface area contributed by atoms with Gasteiger partial charge >= 0.3 is 0 Å². The second-order valence-electron chi connectivity index (χ2n) is 7.11. The van der Waals surface area contributed by atoms with E-state index in [0.717, 1.165) is 22.7 Å². The zero-order chi connectivity index (χ0) is 19.5. The Labute approximate surface area is 164 Å². The Bertz CT molecular complexity index is 974. The van der Waals surface area contributed by atoms with Crippen LogP contribution >= 0.6 is 0 Å². The lowest BCUT2D eigenvalue weighted by Gasteiger charge is -2.20. The number of nitrogens with zero attached hydrogens (tertiary/aromatic N) is 2. The summed E-state index contributed by atoms with van der Waals surface area (Å²) < 4.78 is 5.59. The molecule has 0 saturated carbocycles. The quantitative estimate of drug-likeness (QED) is 0.706. The van der Waals surface area contributed by atoms with Crippen LogP contribution in [-0.4, -0.2) is 23.2 Å². The van der Waals surface area contributed by atoms with Gasteiger partial charge < -0.3 is 9.73 Å². The third-order valence-corrected chi connectivity index (χ3v) is 4.92. The molecule has 0 bridgehead atoms. The standard InChI is InChI=1S/C23H23N3O2/c1-16-5-9-18(10-6-16)20-14-21(22-4-3-13-28-22)26(25-20)23(27)15-24-19-11-7-17(2)8-12-19/h3-13,21,24H,14-15H2,1-2H3. The fourth-order valence-corrected chi connectivity index (χ4v) is 3.29. The van der Waals surface area contributed by atoms with Gasteiger partial charge in [-0.1, -0.05) is 47.5 Å². The monoisotopic (exact) mass is 373 g/mol. The van der Waals surface area contributed by atoms with E-state index < -0.39 is 0 Å². The molecule has 0 radical (unpaired) electrons. The van der Waals surface area contributed by atoms with Gasteiger partial charge in [0.25, 0.3) is 5.91 Å². The number of anilines is 1. The summed E-state index contributed by atoms with van der Waals surface area (Å²) in [5, 5.41) is 9.39. The van der Waals surface area contributed by atoms with Gasteiger partial charge in [-0.15, -0.1) is 0 Å². The van der Waals surface area contributed by atoms with Crippen molar-refractivity contribution in [2.75, 3.05) is 11.9 Å². The highest BCUT2D eigenvalue weighted by Gasteiger charge is 2.34. The van der Waals surface area contributed by atoms with Crippen LogP contribution < -0.4 is 5.32 Å². The molecule has 0 fully saturated rings. The first-order valence-corrected chi connectivity index (χ1v) is 9.41. The molecule has 3 aromatic rings. The molecule has 1 aliphatic rings. The summed E-state index contributed by atoms with van der Waals surface area (Å²) in [7, 11) is 0. The Kier molecular flexibility index (Phi) is 4.98. The van der Waals surface area contributed by atoms with Crippen LogP contribution in [0.15, 0.2) is 76.4 Å². The van der Waals surface area contributed by atoms with E-state index in [2.05, 4.69) is 29.5 Å². The average molecular weight is 373 g/mol. The summed E-state index contributed by atoms with van der Waals surface area (Å²) >= 11 is 0. The smallest absolute Gasteiger partial charge is 0.262 e. The lowest BCUT2D eigenvalue weighted by Crippen LogP contribution is -2.32. The predicted molar refractivity (Wildman–Crippen MR) is 110 cm³/mol. The Balaban J connectivity index is 1.54. The SMILES string of the molecule is Cc1ccc(NCC(=O)N2N=C(c3ccc(C)cc3)CC2c2ccco2)cc1. The Hall–Kier alpha value is -3.34. The van der Waals surface area contributed by atoms with E-state index in [1.807, 2.05) is 55.5 Å². The van der Waals surface area contributed by atoms with Crippen LogP contribution in [0.4, 0.5) is 5.69 Å². The minimum absolute atomic E-state index is 0.0934. The van der Waals surface area contributed by atoms with E-state index in [0.29, 0.717) is 6.42 Å². The number of carbonyl (C=O) groups excluding carboxylic acids is 1. The Morgan fingerprint density at radius 2 is 1.75 bits per heavy atom. The molecule has 5 nitrogen and oxygen atoms in total. The number of hydrogen-bond acceptors (Lipinski definition) is 4. The van der Waals surface area contributed by atoms with Crippen molar-refractivity contribution in [2.45, 2.75) is 26.3 Å². The maximum absolute atomic E-state index is 12.9. The predicted octanol–water partition coefficient (Wildman–Crippen LogP) is 4.69. The summed E-state index contributed by atoms with van der Waals surface area (Å²) in [6.07, 6.45) is 2.26. The second kappa shape index (κ2) is 7.72. The van der Waals surface area contributed by atoms with E-state index in [1.54, 1.807) is 11.3 Å². The number of hydrazone groups is 1. The van der Waals surface area contributed by atoms with Crippen molar-refractivity contribution >= 4 is 17.3 Å². The minimum Gasteiger partial charge on any atom is -0.467 e. The molecule has 1 aliphatic heterocycles. The molecule has 1 N–H and O–H groups in total. The van der Waals surface area contributed by atoms with E-state index >= 15 is 0 Å². The Morgan fingerprint density at radius 1 is 1.07 bits per heavy atom. The van der Waals surface area contributed by atoms with Crippen LogP contribution in [0.2, 0.25) is 0 Å². The van der Waals surface area contributed by atoms with Crippen LogP contribution in [0.1, 0.15) is 34.9 Å². The van der Waals surface area contributed by atoms with Crippen LogP contribution in [0, 0.1) is 13.8 Å². The third kappa shape index (κ3) is 3.83. The van der Waals surface area contributed by atoms with E-state index in [4.69, 9.17) is 4.42 Å². The average Bonchev–Trinajstić information content (AvgIpc) is 3.37. The molecule has 0 spiro atoms. The maximum atomic E-state index is 12.9. The summed E-state index contributed by atoms with van der Waals surface area (Å²) in [4.78, 5) is 12.9. The highest BCUT2D eigenvalue weighted by Crippen LogP contribution is 2.33. The molecule has 142 valence electrons. The summed E-state index contributed by atoms with van der Waals surface area (Å²) in [6, 6.07) is 19.7. The van der Waals surface area contributed by atoms with Gasteiger partial charge in [-0.3, -0.25) is 4.79 Å². The van der Waals surface area contributed by atoms with Crippen molar-refractivity contribution in [3.05, 3.63) is 89.4 Å². The molecule has 1 unspecified atom stereocenters. The van der Waals surface area contributed by atoms with Gasteiger partial charge in [-0.25, -0.2) is 5.01 Å². The lowest BCUT2D eigenvalue weighted by atomic mass is 10.0. The molecule has 28 heavy (non-hydrogen) atoms. The summed E-state index contributed by atoms with van der Waals surface area (Å²) in [5.74, 6) is 0.652. The van der Waals surface area contributed by atoms with Crippen molar-refractivity contribution < 1.29 is 9.21 Å². The van der Waals surface area contributed by atoms with Gasteiger partial charge in [0, 0.05) is 12.1 Å². The van der Waals surface area contributed by atoms with Gasteiger partial charge in [-0.2, -0.15) is 5.10 Å². The van der Waals surface area contributed by atoms with Crippen LogP contribution in [-0.2, 0) is 4.79 Å². The van der Waals surface area contributed by atoms with Crippen molar-refractivity contribution in [1.82, 2.24) is 5.01 Å². The third-order valence-electron chi connectivity index (χ3n) is 4.92. The number of nitrogens with one attached hydrogen (secondary N) is 1. The molecule has 1 amide bonds. The molecule has 0 aliphatic carbocycles. The van der Waals surface area contributed by atoms with Gasteiger partial charge in [0.1, 0.15) is 11.8 Å². The maximum Gasteiger partial charge on any atom is 0.262 e. The second-order valence-corrected chi connectivity index (χ2v) is 7.11. The van der Waals surface area contributed by atoms with E-state index in [1.165, 1.54) is 11.1 Å². The highest BCUT2D eigenvalue weighted by atomic mass is 16.3. The number of rotatable bonds is 5.